The lowest BCUT2D eigenvalue weighted by Crippen LogP contribution is -2.53. The zero-order valence-corrected chi connectivity index (χ0v) is 19.1. The van der Waals surface area contributed by atoms with Crippen molar-refractivity contribution in [2.24, 2.45) is 22.7 Å². The van der Waals surface area contributed by atoms with Crippen molar-refractivity contribution in [3.63, 3.8) is 0 Å². The monoisotopic (exact) mass is 427 g/mol. The average Bonchev–Trinajstić information content (AvgIpc) is 3.54. The molecule has 0 aliphatic heterocycles. The van der Waals surface area contributed by atoms with Gasteiger partial charge in [0.25, 0.3) is 0 Å². The van der Waals surface area contributed by atoms with Crippen molar-refractivity contribution < 1.29 is 14.7 Å². The molecule has 31 heavy (non-hydrogen) atoms. The number of hydrogen-bond donors (Lipinski definition) is 3. The maximum absolute atomic E-state index is 12.7. The van der Waals surface area contributed by atoms with Crippen molar-refractivity contribution >= 4 is 11.8 Å². The van der Waals surface area contributed by atoms with Crippen LogP contribution < -0.4 is 10.6 Å². The highest BCUT2D eigenvalue weighted by atomic mass is 16.3. The summed E-state index contributed by atoms with van der Waals surface area (Å²) in [5.74, 6) is 0.665. The number of carbonyl (C=O) groups is 2. The van der Waals surface area contributed by atoms with E-state index in [9.17, 15) is 14.7 Å². The molecule has 0 aromatic carbocycles. The second-order valence-corrected chi connectivity index (χ2v) is 11.2. The Labute approximate surface area is 185 Å². The van der Waals surface area contributed by atoms with Crippen molar-refractivity contribution in [1.29, 1.82) is 0 Å². The van der Waals surface area contributed by atoms with Crippen LogP contribution in [0.1, 0.15) is 77.7 Å². The van der Waals surface area contributed by atoms with E-state index in [1.165, 1.54) is 0 Å². The third kappa shape index (κ3) is 4.79. The molecule has 4 unspecified atom stereocenters. The lowest BCUT2D eigenvalue weighted by molar-refractivity contribution is -0.126. The van der Waals surface area contributed by atoms with Gasteiger partial charge in [0.2, 0.25) is 11.8 Å². The molecule has 1 aromatic rings. The zero-order valence-electron chi connectivity index (χ0n) is 19.1. The number of aliphatic hydroxyl groups is 1. The van der Waals surface area contributed by atoms with E-state index >= 15 is 0 Å². The molecule has 0 radical (unpaired) electrons. The van der Waals surface area contributed by atoms with E-state index in [0.29, 0.717) is 19.4 Å². The van der Waals surface area contributed by atoms with Crippen molar-refractivity contribution in [3.8, 4) is 0 Å². The van der Waals surface area contributed by atoms with Crippen LogP contribution >= 0.6 is 0 Å². The Morgan fingerprint density at radius 1 is 1.19 bits per heavy atom. The normalized spacial score (nSPS) is 34.1. The molecule has 3 aliphatic carbocycles. The Bertz CT molecular complexity index is 819. The van der Waals surface area contributed by atoms with Gasteiger partial charge in [-0.3, -0.25) is 14.6 Å². The SMILES string of the molecule is CC1(O)CCC2(CCC(=O)NCc3cccnc3)C(NC(=O)C3CC3)CC(C)(C)C2C1. The minimum atomic E-state index is -0.677. The molecular weight excluding hydrogens is 390 g/mol. The first kappa shape index (κ1) is 22.3. The number of pyridine rings is 1. The average molecular weight is 428 g/mol. The van der Waals surface area contributed by atoms with Crippen molar-refractivity contribution in [1.82, 2.24) is 15.6 Å². The highest BCUT2D eigenvalue weighted by Crippen LogP contribution is 2.64. The number of aromatic nitrogens is 1. The fraction of sp³-hybridized carbons (Fsp3) is 0.720. The topological polar surface area (TPSA) is 91.3 Å². The third-order valence-electron chi connectivity index (χ3n) is 8.13. The molecule has 1 heterocycles. The van der Waals surface area contributed by atoms with E-state index in [0.717, 1.165) is 44.1 Å². The molecule has 1 aromatic heterocycles. The predicted molar refractivity (Wildman–Crippen MR) is 119 cm³/mol. The van der Waals surface area contributed by atoms with E-state index in [4.69, 9.17) is 0 Å². The minimum Gasteiger partial charge on any atom is -0.390 e. The van der Waals surface area contributed by atoms with E-state index in [1.54, 1.807) is 12.4 Å². The van der Waals surface area contributed by atoms with Crippen LogP contribution in [0.3, 0.4) is 0 Å². The van der Waals surface area contributed by atoms with Gasteiger partial charge in [-0.2, -0.15) is 0 Å². The van der Waals surface area contributed by atoms with Gasteiger partial charge in [-0.1, -0.05) is 19.9 Å². The smallest absolute Gasteiger partial charge is 0.223 e. The maximum atomic E-state index is 12.7. The second kappa shape index (κ2) is 8.19. The van der Waals surface area contributed by atoms with Crippen molar-refractivity contribution in [2.75, 3.05) is 0 Å². The van der Waals surface area contributed by atoms with Gasteiger partial charge in [-0.15, -0.1) is 0 Å². The number of carbonyl (C=O) groups excluding carboxylic acids is 2. The Morgan fingerprint density at radius 3 is 2.65 bits per heavy atom. The van der Waals surface area contributed by atoms with Gasteiger partial charge < -0.3 is 15.7 Å². The Balaban J connectivity index is 1.48. The lowest BCUT2D eigenvalue weighted by Gasteiger charge is -2.50. The first-order valence-corrected chi connectivity index (χ1v) is 11.8. The highest BCUT2D eigenvalue weighted by molar-refractivity contribution is 5.81. The summed E-state index contributed by atoms with van der Waals surface area (Å²) in [6, 6.07) is 3.89. The zero-order chi connectivity index (χ0) is 22.3. The molecule has 3 fully saturated rings. The standard InChI is InChI=1S/C25H37N3O3/c1-23(2)14-20(28-22(30)18-6-7-18)25(11-10-24(3,31)13-19(23)25)9-8-21(29)27-16-17-5-4-12-26-15-17/h4-5,12,15,18-20,31H,6-11,13-14,16H2,1-3H3,(H,27,29)(H,28,30). The maximum Gasteiger partial charge on any atom is 0.223 e. The van der Waals surface area contributed by atoms with Crippen LogP contribution in [-0.4, -0.2) is 33.5 Å². The van der Waals surface area contributed by atoms with Gasteiger partial charge in [-0.25, -0.2) is 0 Å². The molecule has 4 atom stereocenters. The summed E-state index contributed by atoms with van der Waals surface area (Å²) in [5.41, 5.74) is 0.181. The summed E-state index contributed by atoms with van der Waals surface area (Å²) in [4.78, 5) is 29.5. The first-order chi connectivity index (χ1) is 14.6. The predicted octanol–water partition coefficient (Wildman–Crippen LogP) is 3.34. The van der Waals surface area contributed by atoms with E-state index in [1.807, 2.05) is 19.1 Å². The van der Waals surface area contributed by atoms with Crippen LogP contribution in [0.4, 0.5) is 0 Å². The number of nitrogens with zero attached hydrogens (tertiary/aromatic N) is 1. The molecule has 0 bridgehead atoms. The van der Waals surface area contributed by atoms with Gasteiger partial charge in [0, 0.05) is 37.3 Å². The lowest BCUT2D eigenvalue weighted by atomic mass is 9.57. The first-order valence-electron chi connectivity index (χ1n) is 11.8. The van der Waals surface area contributed by atoms with Crippen LogP contribution in [0.5, 0.6) is 0 Å². The summed E-state index contributed by atoms with van der Waals surface area (Å²) in [5, 5.41) is 17.3. The molecule has 0 saturated heterocycles. The number of nitrogens with one attached hydrogen (secondary N) is 2. The molecule has 3 saturated carbocycles. The quantitative estimate of drug-likeness (QED) is 0.622. The molecule has 2 amide bonds. The van der Waals surface area contributed by atoms with Crippen LogP contribution in [0.25, 0.3) is 0 Å². The molecule has 6 nitrogen and oxygen atoms in total. The molecule has 170 valence electrons. The molecule has 4 rings (SSSR count). The summed E-state index contributed by atoms with van der Waals surface area (Å²) in [6.07, 6.45) is 9.84. The van der Waals surface area contributed by atoms with E-state index in [2.05, 4.69) is 29.5 Å². The Hall–Kier alpha value is -1.95. The highest BCUT2D eigenvalue weighted by Gasteiger charge is 2.61. The van der Waals surface area contributed by atoms with Gasteiger partial charge >= 0.3 is 0 Å². The third-order valence-corrected chi connectivity index (χ3v) is 8.13. The number of fused-ring (bicyclic) bond motifs is 1. The minimum absolute atomic E-state index is 0.0120. The largest absolute Gasteiger partial charge is 0.390 e. The Morgan fingerprint density at radius 2 is 1.97 bits per heavy atom. The van der Waals surface area contributed by atoms with Crippen LogP contribution in [0.15, 0.2) is 24.5 Å². The second-order valence-electron chi connectivity index (χ2n) is 11.2. The fourth-order valence-corrected chi connectivity index (χ4v) is 6.21. The van der Waals surface area contributed by atoms with Crippen LogP contribution in [-0.2, 0) is 16.1 Å². The van der Waals surface area contributed by atoms with Crippen LogP contribution in [0, 0.1) is 22.7 Å². The van der Waals surface area contributed by atoms with Gasteiger partial charge in [0.05, 0.1) is 5.60 Å². The molecular formula is C25H37N3O3. The number of amides is 2. The van der Waals surface area contributed by atoms with Gasteiger partial charge in [-0.05, 0) is 80.2 Å². The summed E-state index contributed by atoms with van der Waals surface area (Å²) < 4.78 is 0. The summed E-state index contributed by atoms with van der Waals surface area (Å²) in [6.45, 7) is 6.94. The summed E-state index contributed by atoms with van der Waals surface area (Å²) in [7, 11) is 0. The van der Waals surface area contributed by atoms with E-state index in [-0.39, 0.29) is 40.5 Å². The van der Waals surface area contributed by atoms with Gasteiger partial charge in [0.15, 0.2) is 0 Å². The van der Waals surface area contributed by atoms with Gasteiger partial charge in [0.1, 0.15) is 0 Å². The summed E-state index contributed by atoms with van der Waals surface area (Å²) >= 11 is 0. The van der Waals surface area contributed by atoms with Crippen molar-refractivity contribution in [3.05, 3.63) is 30.1 Å². The fourth-order valence-electron chi connectivity index (χ4n) is 6.21. The molecule has 3 aliphatic rings. The van der Waals surface area contributed by atoms with Crippen LogP contribution in [0.2, 0.25) is 0 Å². The molecule has 6 heteroatoms. The molecule has 3 N–H and O–H groups in total. The number of rotatable bonds is 7. The van der Waals surface area contributed by atoms with E-state index < -0.39 is 5.60 Å². The Kier molecular flexibility index (Phi) is 5.88. The van der Waals surface area contributed by atoms with Crippen molar-refractivity contribution in [2.45, 2.75) is 90.3 Å². The molecule has 0 spiro atoms. The number of hydrogen-bond acceptors (Lipinski definition) is 4.